The SMILES string of the molecule is CSCC[C@H](NC(=O)c1cccc(C(=O)N[C@@H](CCSC)C(=O)N2CCCC2)c1)C(=O)N1CCCC1. The van der Waals surface area contributed by atoms with Crippen molar-refractivity contribution in [3.05, 3.63) is 35.4 Å². The number of carbonyl (C=O) groups excluding carboxylic acids is 4. The van der Waals surface area contributed by atoms with Gasteiger partial charge in [-0.1, -0.05) is 6.07 Å². The van der Waals surface area contributed by atoms with Gasteiger partial charge in [-0.25, -0.2) is 0 Å². The van der Waals surface area contributed by atoms with Gasteiger partial charge in [-0.05, 0) is 80.7 Å². The third kappa shape index (κ3) is 7.90. The van der Waals surface area contributed by atoms with E-state index in [0.717, 1.165) is 63.4 Å². The fourth-order valence-corrected chi connectivity index (χ4v) is 5.53. The molecule has 2 aliphatic rings. The normalized spacial score (nSPS) is 17.1. The molecule has 2 aliphatic heterocycles. The van der Waals surface area contributed by atoms with Crippen molar-refractivity contribution in [1.82, 2.24) is 20.4 Å². The predicted molar refractivity (Wildman–Crippen MR) is 147 cm³/mol. The molecule has 0 saturated carbocycles. The van der Waals surface area contributed by atoms with Gasteiger partial charge in [-0.3, -0.25) is 19.2 Å². The first kappa shape index (κ1) is 28.4. The van der Waals surface area contributed by atoms with E-state index in [4.69, 9.17) is 0 Å². The van der Waals surface area contributed by atoms with Crippen molar-refractivity contribution in [3.8, 4) is 0 Å². The van der Waals surface area contributed by atoms with Gasteiger partial charge in [-0.15, -0.1) is 0 Å². The molecule has 2 fully saturated rings. The molecule has 1 aromatic carbocycles. The molecule has 10 heteroatoms. The zero-order chi connectivity index (χ0) is 25.9. The number of rotatable bonds is 12. The van der Waals surface area contributed by atoms with Crippen molar-refractivity contribution in [1.29, 1.82) is 0 Å². The van der Waals surface area contributed by atoms with E-state index >= 15 is 0 Å². The molecule has 3 rings (SSSR count). The standard InChI is InChI=1S/C26H38N4O4S2/c1-35-16-10-21(25(33)29-12-3-4-13-29)27-23(31)19-8-7-9-20(18-19)24(32)28-22(11-17-36-2)26(34)30-14-5-6-15-30/h7-9,18,21-22H,3-6,10-17H2,1-2H3,(H,27,31)(H,28,32)/t21-,22-/m0/s1. The summed E-state index contributed by atoms with van der Waals surface area (Å²) in [5.74, 6) is 0.678. The lowest BCUT2D eigenvalue weighted by molar-refractivity contribution is -0.132. The van der Waals surface area contributed by atoms with Crippen LogP contribution in [0.2, 0.25) is 0 Å². The van der Waals surface area contributed by atoms with Crippen LogP contribution in [0.5, 0.6) is 0 Å². The minimum Gasteiger partial charge on any atom is -0.341 e. The second kappa shape index (κ2) is 14.5. The fraction of sp³-hybridized carbons (Fsp3) is 0.615. The molecule has 2 saturated heterocycles. The summed E-state index contributed by atoms with van der Waals surface area (Å²) >= 11 is 3.27. The quantitative estimate of drug-likeness (QED) is 0.428. The Morgan fingerprint density at radius 1 is 0.750 bits per heavy atom. The van der Waals surface area contributed by atoms with Crippen molar-refractivity contribution in [2.45, 2.75) is 50.6 Å². The minimum absolute atomic E-state index is 0.0409. The third-order valence-corrected chi connectivity index (χ3v) is 7.94. The number of benzene rings is 1. The van der Waals surface area contributed by atoms with E-state index in [9.17, 15) is 19.2 Å². The monoisotopic (exact) mass is 534 g/mol. The Kier molecular flexibility index (Phi) is 11.4. The second-order valence-corrected chi connectivity index (χ2v) is 11.2. The second-order valence-electron chi connectivity index (χ2n) is 9.26. The largest absolute Gasteiger partial charge is 0.341 e. The smallest absolute Gasteiger partial charge is 0.251 e. The van der Waals surface area contributed by atoms with Crippen LogP contribution in [0.15, 0.2) is 24.3 Å². The first-order chi connectivity index (χ1) is 17.4. The molecule has 1 aromatic rings. The first-order valence-corrected chi connectivity index (χ1v) is 15.5. The lowest BCUT2D eigenvalue weighted by Crippen LogP contribution is -2.48. The van der Waals surface area contributed by atoms with Crippen LogP contribution in [-0.4, -0.2) is 95.7 Å². The lowest BCUT2D eigenvalue weighted by Gasteiger charge is -2.24. The summed E-state index contributed by atoms with van der Waals surface area (Å²) < 4.78 is 0. The zero-order valence-corrected chi connectivity index (χ0v) is 22.9. The molecule has 2 heterocycles. The van der Waals surface area contributed by atoms with Crippen LogP contribution in [0.1, 0.15) is 59.2 Å². The minimum atomic E-state index is -0.588. The van der Waals surface area contributed by atoms with Crippen LogP contribution >= 0.6 is 23.5 Å². The van der Waals surface area contributed by atoms with Crippen molar-refractivity contribution in [3.63, 3.8) is 0 Å². The predicted octanol–water partition coefficient (Wildman–Crippen LogP) is 2.63. The number of nitrogens with zero attached hydrogens (tertiary/aromatic N) is 2. The van der Waals surface area contributed by atoms with Gasteiger partial charge in [0.1, 0.15) is 12.1 Å². The number of hydrogen-bond donors (Lipinski definition) is 2. The summed E-state index contributed by atoms with van der Waals surface area (Å²) in [4.78, 5) is 55.7. The number of hydrogen-bond acceptors (Lipinski definition) is 6. The molecule has 8 nitrogen and oxygen atoms in total. The maximum absolute atomic E-state index is 13.1. The van der Waals surface area contributed by atoms with E-state index in [1.54, 1.807) is 41.7 Å². The average molecular weight is 535 g/mol. The van der Waals surface area contributed by atoms with Crippen LogP contribution in [-0.2, 0) is 9.59 Å². The molecule has 0 aliphatic carbocycles. The molecule has 36 heavy (non-hydrogen) atoms. The average Bonchev–Trinajstić information content (AvgIpc) is 3.63. The van der Waals surface area contributed by atoms with Crippen LogP contribution in [0.4, 0.5) is 0 Å². The fourth-order valence-electron chi connectivity index (χ4n) is 4.59. The van der Waals surface area contributed by atoms with Gasteiger partial charge in [0.25, 0.3) is 11.8 Å². The van der Waals surface area contributed by atoms with Gasteiger partial charge in [-0.2, -0.15) is 23.5 Å². The zero-order valence-electron chi connectivity index (χ0n) is 21.3. The summed E-state index contributed by atoms with van der Waals surface area (Å²) in [6.45, 7) is 2.92. The van der Waals surface area contributed by atoms with Crippen molar-refractivity contribution in [2.75, 3.05) is 50.2 Å². The molecule has 198 valence electrons. The van der Waals surface area contributed by atoms with Crippen molar-refractivity contribution < 1.29 is 19.2 Å². The van der Waals surface area contributed by atoms with Crippen molar-refractivity contribution >= 4 is 47.2 Å². The summed E-state index contributed by atoms with van der Waals surface area (Å²) in [5, 5.41) is 5.79. The Labute approximate surface area is 222 Å². The van der Waals surface area contributed by atoms with Gasteiger partial charge >= 0.3 is 0 Å². The van der Waals surface area contributed by atoms with E-state index in [-0.39, 0.29) is 23.6 Å². The van der Waals surface area contributed by atoms with Gasteiger partial charge in [0.15, 0.2) is 0 Å². The van der Waals surface area contributed by atoms with E-state index in [1.165, 1.54) is 6.07 Å². The topological polar surface area (TPSA) is 98.8 Å². The van der Waals surface area contributed by atoms with Gasteiger partial charge in [0, 0.05) is 37.3 Å². The summed E-state index contributed by atoms with van der Waals surface area (Å²) in [5.41, 5.74) is 0.634. The first-order valence-electron chi connectivity index (χ1n) is 12.7. The Bertz CT molecular complexity index is 848. The van der Waals surface area contributed by atoms with Crippen LogP contribution in [0, 0.1) is 0 Å². The van der Waals surface area contributed by atoms with Crippen LogP contribution < -0.4 is 10.6 Å². The van der Waals surface area contributed by atoms with E-state index < -0.39 is 12.1 Å². The number of thioether (sulfide) groups is 2. The highest BCUT2D eigenvalue weighted by Gasteiger charge is 2.29. The maximum Gasteiger partial charge on any atom is 0.251 e. The molecular weight excluding hydrogens is 496 g/mol. The van der Waals surface area contributed by atoms with Crippen LogP contribution in [0.25, 0.3) is 0 Å². The highest BCUT2D eigenvalue weighted by atomic mass is 32.2. The number of carbonyl (C=O) groups is 4. The number of amides is 4. The Morgan fingerprint density at radius 2 is 1.14 bits per heavy atom. The molecular formula is C26H38N4O4S2. The summed E-state index contributed by atoms with van der Waals surface area (Å²) in [7, 11) is 0. The van der Waals surface area contributed by atoms with Gasteiger partial charge < -0.3 is 20.4 Å². The lowest BCUT2D eigenvalue weighted by atomic mass is 10.1. The molecule has 4 amide bonds. The number of likely N-dealkylation sites (tertiary alicyclic amines) is 2. The molecule has 0 spiro atoms. The van der Waals surface area contributed by atoms with E-state index in [2.05, 4.69) is 10.6 Å². The summed E-state index contributed by atoms with van der Waals surface area (Å²) in [6, 6.07) is 5.28. The molecule has 0 radical (unpaired) electrons. The Morgan fingerprint density at radius 3 is 1.50 bits per heavy atom. The highest BCUT2D eigenvalue weighted by Crippen LogP contribution is 2.15. The van der Waals surface area contributed by atoms with Gasteiger partial charge in [0.2, 0.25) is 11.8 Å². The van der Waals surface area contributed by atoms with Crippen LogP contribution in [0.3, 0.4) is 0 Å². The summed E-state index contributed by atoms with van der Waals surface area (Å²) in [6.07, 6.45) is 9.02. The maximum atomic E-state index is 13.1. The molecule has 0 unspecified atom stereocenters. The van der Waals surface area contributed by atoms with E-state index in [1.807, 2.05) is 22.3 Å². The van der Waals surface area contributed by atoms with Crippen molar-refractivity contribution in [2.24, 2.45) is 0 Å². The van der Waals surface area contributed by atoms with E-state index in [0.29, 0.717) is 24.0 Å². The molecule has 0 bridgehead atoms. The molecule has 2 N–H and O–H groups in total. The molecule has 2 atom stereocenters. The Hall–Kier alpha value is -2.20. The third-order valence-electron chi connectivity index (χ3n) is 6.65. The number of nitrogens with one attached hydrogen (secondary N) is 2. The highest BCUT2D eigenvalue weighted by molar-refractivity contribution is 7.98. The van der Waals surface area contributed by atoms with Gasteiger partial charge in [0.05, 0.1) is 0 Å². The Balaban J connectivity index is 1.68. The molecule has 0 aromatic heterocycles.